The average Bonchev–Trinajstić information content (AvgIpc) is 1.89. The molecular formula is C11H17F2N. The van der Waals surface area contributed by atoms with Crippen LogP contribution in [0, 0.1) is 16.7 Å². The SMILES string of the molecule is NCC1CC2(C1)CC1(CC(F)(F)C1)C2. The van der Waals surface area contributed by atoms with Crippen LogP contribution in [0.15, 0.2) is 0 Å². The van der Waals surface area contributed by atoms with Gasteiger partial charge in [-0.2, -0.15) is 0 Å². The first-order valence-electron chi connectivity index (χ1n) is 5.55. The van der Waals surface area contributed by atoms with Crippen LogP contribution < -0.4 is 5.73 Å². The molecule has 0 amide bonds. The summed E-state index contributed by atoms with van der Waals surface area (Å²) in [5.74, 6) is -1.65. The number of hydrogen-bond acceptors (Lipinski definition) is 1. The van der Waals surface area contributed by atoms with Crippen LogP contribution in [0.1, 0.15) is 38.5 Å². The summed E-state index contributed by atoms with van der Waals surface area (Å²) in [7, 11) is 0. The lowest BCUT2D eigenvalue weighted by molar-refractivity contribution is -0.254. The molecule has 0 aromatic carbocycles. The van der Waals surface area contributed by atoms with E-state index >= 15 is 0 Å². The summed E-state index contributed by atoms with van der Waals surface area (Å²) >= 11 is 0. The predicted molar refractivity (Wildman–Crippen MR) is 50.1 cm³/mol. The molecule has 3 aliphatic carbocycles. The van der Waals surface area contributed by atoms with Gasteiger partial charge in [0.2, 0.25) is 5.92 Å². The summed E-state index contributed by atoms with van der Waals surface area (Å²) in [6, 6.07) is 0. The van der Waals surface area contributed by atoms with Crippen molar-refractivity contribution < 1.29 is 8.78 Å². The van der Waals surface area contributed by atoms with E-state index < -0.39 is 5.92 Å². The van der Waals surface area contributed by atoms with Gasteiger partial charge in [-0.1, -0.05) is 0 Å². The molecule has 0 aromatic rings. The first kappa shape index (κ1) is 9.08. The Kier molecular flexibility index (Phi) is 1.50. The van der Waals surface area contributed by atoms with Gasteiger partial charge in [-0.15, -0.1) is 0 Å². The zero-order chi connectivity index (χ0) is 10.0. The highest BCUT2D eigenvalue weighted by molar-refractivity contribution is 5.15. The van der Waals surface area contributed by atoms with Crippen molar-refractivity contribution >= 4 is 0 Å². The third-order valence-corrected chi connectivity index (χ3v) is 4.54. The van der Waals surface area contributed by atoms with Crippen LogP contribution in [0.25, 0.3) is 0 Å². The van der Waals surface area contributed by atoms with Gasteiger partial charge in [-0.3, -0.25) is 0 Å². The molecule has 0 aromatic heterocycles. The number of alkyl halides is 2. The molecule has 0 radical (unpaired) electrons. The van der Waals surface area contributed by atoms with Crippen molar-refractivity contribution in [2.24, 2.45) is 22.5 Å². The first-order valence-corrected chi connectivity index (χ1v) is 5.55. The lowest BCUT2D eigenvalue weighted by atomic mass is 9.37. The van der Waals surface area contributed by atoms with Gasteiger partial charge in [-0.05, 0) is 49.0 Å². The molecular weight excluding hydrogens is 184 g/mol. The molecule has 3 aliphatic rings. The van der Waals surface area contributed by atoms with Crippen molar-refractivity contribution in [3.63, 3.8) is 0 Å². The third kappa shape index (κ3) is 1.08. The molecule has 0 unspecified atom stereocenters. The van der Waals surface area contributed by atoms with Crippen LogP contribution in [-0.2, 0) is 0 Å². The average molecular weight is 201 g/mol. The molecule has 3 heteroatoms. The molecule has 80 valence electrons. The number of hydrogen-bond donors (Lipinski definition) is 1. The fourth-order valence-corrected chi connectivity index (χ4v) is 4.46. The highest BCUT2D eigenvalue weighted by Crippen LogP contribution is 2.74. The molecule has 3 fully saturated rings. The maximum Gasteiger partial charge on any atom is 0.249 e. The Bertz CT molecular complexity index is 250. The van der Waals surface area contributed by atoms with Crippen molar-refractivity contribution in [2.45, 2.75) is 44.4 Å². The van der Waals surface area contributed by atoms with E-state index in [1.165, 1.54) is 12.8 Å². The lowest BCUT2D eigenvalue weighted by Crippen LogP contribution is -2.62. The highest BCUT2D eigenvalue weighted by atomic mass is 19.3. The van der Waals surface area contributed by atoms with Crippen LogP contribution >= 0.6 is 0 Å². The second-order valence-corrected chi connectivity index (χ2v) is 6.07. The van der Waals surface area contributed by atoms with E-state index in [1.54, 1.807) is 0 Å². The molecule has 0 saturated heterocycles. The fourth-order valence-electron chi connectivity index (χ4n) is 4.46. The molecule has 0 bridgehead atoms. The second kappa shape index (κ2) is 2.31. The largest absolute Gasteiger partial charge is 0.330 e. The van der Waals surface area contributed by atoms with Crippen LogP contribution in [0.2, 0.25) is 0 Å². The number of nitrogens with two attached hydrogens (primary N) is 1. The molecule has 0 atom stereocenters. The van der Waals surface area contributed by atoms with E-state index in [0.29, 0.717) is 11.3 Å². The molecule has 14 heavy (non-hydrogen) atoms. The molecule has 1 nitrogen and oxygen atoms in total. The van der Waals surface area contributed by atoms with Crippen LogP contribution in [0.3, 0.4) is 0 Å². The monoisotopic (exact) mass is 201 g/mol. The van der Waals surface area contributed by atoms with Gasteiger partial charge in [0.15, 0.2) is 0 Å². The molecule has 2 N–H and O–H groups in total. The summed E-state index contributed by atoms with van der Waals surface area (Å²) < 4.78 is 25.5. The topological polar surface area (TPSA) is 26.0 Å². The van der Waals surface area contributed by atoms with E-state index in [-0.39, 0.29) is 18.3 Å². The Morgan fingerprint density at radius 1 is 1.00 bits per heavy atom. The summed E-state index contributed by atoms with van der Waals surface area (Å²) in [4.78, 5) is 0. The van der Waals surface area contributed by atoms with Crippen molar-refractivity contribution in [1.29, 1.82) is 0 Å². The van der Waals surface area contributed by atoms with Crippen molar-refractivity contribution in [3.05, 3.63) is 0 Å². The van der Waals surface area contributed by atoms with Crippen LogP contribution in [0.4, 0.5) is 8.78 Å². The molecule has 3 saturated carbocycles. The van der Waals surface area contributed by atoms with Crippen LogP contribution in [-0.4, -0.2) is 12.5 Å². The zero-order valence-corrected chi connectivity index (χ0v) is 8.36. The summed E-state index contributed by atoms with van der Waals surface area (Å²) in [5.41, 5.74) is 6.09. The second-order valence-electron chi connectivity index (χ2n) is 6.07. The van der Waals surface area contributed by atoms with E-state index in [4.69, 9.17) is 5.73 Å². The Balaban J connectivity index is 1.54. The van der Waals surface area contributed by atoms with Crippen molar-refractivity contribution in [1.82, 2.24) is 0 Å². The lowest BCUT2D eigenvalue weighted by Gasteiger charge is -2.68. The Labute approximate surface area is 83.0 Å². The third-order valence-electron chi connectivity index (χ3n) is 4.54. The van der Waals surface area contributed by atoms with Gasteiger partial charge in [0.05, 0.1) is 0 Å². The highest BCUT2D eigenvalue weighted by Gasteiger charge is 2.68. The summed E-state index contributed by atoms with van der Waals surface area (Å²) in [6.45, 7) is 0.783. The van der Waals surface area contributed by atoms with E-state index in [9.17, 15) is 8.78 Å². The minimum Gasteiger partial charge on any atom is -0.330 e. The van der Waals surface area contributed by atoms with E-state index in [1.807, 2.05) is 0 Å². The van der Waals surface area contributed by atoms with E-state index in [0.717, 1.165) is 19.4 Å². The van der Waals surface area contributed by atoms with Gasteiger partial charge in [0.25, 0.3) is 0 Å². The van der Waals surface area contributed by atoms with Gasteiger partial charge in [-0.25, -0.2) is 8.78 Å². The van der Waals surface area contributed by atoms with Gasteiger partial charge in [0, 0.05) is 12.8 Å². The molecule has 2 spiro atoms. The predicted octanol–water partition coefficient (Wildman–Crippen LogP) is 2.55. The summed E-state index contributed by atoms with van der Waals surface area (Å²) in [6.07, 6.45) is 4.86. The van der Waals surface area contributed by atoms with Crippen molar-refractivity contribution in [3.8, 4) is 0 Å². The number of halogens is 2. The zero-order valence-electron chi connectivity index (χ0n) is 8.36. The standard InChI is InChI=1S/C11H17F2N/c12-11(13)6-10(7-11)4-9(5-10)1-8(2-9)3-14/h8H,1-7,14H2. The fraction of sp³-hybridized carbons (Fsp3) is 1.00. The Morgan fingerprint density at radius 3 is 2.00 bits per heavy atom. The Hall–Kier alpha value is -0.180. The van der Waals surface area contributed by atoms with Crippen LogP contribution in [0.5, 0.6) is 0 Å². The van der Waals surface area contributed by atoms with Gasteiger partial charge in [0.1, 0.15) is 0 Å². The minimum atomic E-state index is -2.33. The summed E-state index contributed by atoms with van der Waals surface area (Å²) in [5, 5.41) is 0. The van der Waals surface area contributed by atoms with Gasteiger partial charge < -0.3 is 5.73 Å². The van der Waals surface area contributed by atoms with E-state index in [2.05, 4.69) is 0 Å². The first-order chi connectivity index (χ1) is 6.47. The van der Waals surface area contributed by atoms with Gasteiger partial charge >= 0.3 is 0 Å². The maximum absolute atomic E-state index is 12.8. The normalized spacial score (nSPS) is 36.2. The molecule has 3 rings (SSSR count). The molecule has 0 aliphatic heterocycles. The number of rotatable bonds is 1. The molecule has 0 heterocycles. The maximum atomic E-state index is 12.8. The van der Waals surface area contributed by atoms with Crippen molar-refractivity contribution in [2.75, 3.05) is 6.54 Å². The minimum absolute atomic E-state index is 0.0586. The Morgan fingerprint density at radius 2 is 1.57 bits per heavy atom. The smallest absolute Gasteiger partial charge is 0.249 e. The quantitative estimate of drug-likeness (QED) is 0.693.